The van der Waals surface area contributed by atoms with Gasteiger partial charge in [0, 0.05) is 23.5 Å². The molecule has 0 saturated carbocycles. The van der Waals surface area contributed by atoms with Crippen LogP contribution in [-0.2, 0) is 14.9 Å². The van der Waals surface area contributed by atoms with Crippen LogP contribution in [0.25, 0.3) is 0 Å². The molecule has 1 saturated heterocycles. The summed E-state index contributed by atoms with van der Waals surface area (Å²) in [5, 5.41) is 10.3. The first-order valence-electron chi connectivity index (χ1n) is 9.26. The Bertz CT molecular complexity index is 908. The second kappa shape index (κ2) is 7.78. The molecule has 5 nitrogen and oxygen atoms in total. The van der Waals surface area contributed by atoms with Crippen molar-refractivity contribution in [2.45, 2.75) is 37.7 Å². The van der Waals surface area contributed by atoms with Gasteiger partial charge in [0.1, 0.15) is 16.8 Å². The SMILES string of the molecule is CC(C)(C)OC(=O)N1CC(c2ccc(Br)cc2)C(C(=O)O)(c2ccc(F)cc2)C1. The molecule has 1 N–H and O–H groups in total. The highest BCUT2D eigenvalue weighted by molar-refractivity contribution is 9.10. The van der Waals surface area contributed by atoms with Gasteiger partial charge in [-0.3, -0.25) is 4.79 Å². The average Bonchev–Trinajstić information content (AvgIpc) is 3.04. The van der Waals surface area contributed by atoms with E-state index in [2.05, 4.69) is 15.9 Å². The highest BCUT2D eigenvalue weighted by atomic mass is 79.9. The van der Waals surface area contributed by atoms with E-state index in [1.165, 1.54) is 29.2 Å². The van der Waals surface area contributed by atoms with Gasteiger partial charge in [-0.25, -0.2) is 9.18 Å². The predicted molar refractivity (Wildman–Crippen MR) is 110 cm³/mol. The van der Waals surface area contributed by atoms with Crippen molar-refractivity contribution in [1.29, 1.82) is 0 Å². The molecule has 1 fully saturated rings. The van der Waals surface area contributed by atoms with Crippen molar-refractivity contribution in [3.63, 3.8) is 0 Å². The maximum atomic E-state index is 13.5. The van der Waals surface area contributed by atoms with Crippen molar-refractivity contribution < 1.29 is 23.8 Å². The van der Waals surface area contributed by atoms with E-state index in [1.807, 2.05) is 24.3 Å². The lowest BCUT2D eigenvalue weighted by Crippen LogP contribution is -2.44. The van der Waals surface area contributed by atoms with Crippen molar-refractivity contribution in [2.24, 2.45) is 0 Å². The number of carbonyl (C=O) groups excluding carboxylic acids is 1. The Hall–Kier alpha value is -2.41. The van der Waals surface area contributed by atoms with Crippen LogP contribution in [0.5, 0.6) is 0 Å². The molecule has 2 unspecified atom stereocenters. The average molecular weight is 464 g/mol. The number of halogens is 2. The Morgan fingerprint density at radius 2 is 1.72 bits per heavy atom. The predicted octanol–water partition coefficient (Wildman–Crippen LogP) is 4.95. The van der Waals surface area contributed by atoms with Crippen molar-refractivity contribution in [2.75, 3.05) is 13.1 Å². The molecule has 7 heteroatoms. The van der Waals surface area contributed by atoms with Gasteiger partial charge in [-0.15, -0.1) is 0 Å². The fourth-order valence-corrected chi connectivity index (χ4v) is 4.05. The Balaban J connectivity index is 2.10. The van der Waals surface area contributed by atoms with Crippen LogP contribution >= 0.6 is 15.9 Å². The zero-order valence-corrected chi connectivity index (χ0v) is 18.1. The van der Waals surface area contributed by atoms with E-state index in [1.54, 1.807) is 20.8 Å². The van der Waals surface area contributed by atoms with E-state index in [0.717, 1.165) is 10.0 Å². The quantitative estimate of drug-likeness (QED) is 0.699. The zero-order valence-electron chi connectivity index (χ0n) is 16.5. The van der Waals surface area contributed by atoms with Crippen LogP contribution < -0.4 is 0 Å². The number of benzene rings is 2. The molecule has 2 aromatic rings. The fraction of sp³-hybridized carbons (Fsp3) is 0.364. The monoisotopic (exact) mass is 463 g/mol. The summed E-state index contributed by atoms with van der Waals surface area (Å²) in [6.45, 7) is 5.40. The van der Waals surface area contributed by atoms with E-state index in [-0.39, 0.29) is 13.1 Å². The number of amides is 1. The number of aliphatic carboxylic acids is 1. The molecule has 1 amide bonds. The molecule has 29 heavy (non-hydrogen) atoms. The normalized spacial score (nSPS) is 21.8. The molecule has 0 aliphatic carbocycles. The first-order valence-corrected chi connectivity index (χ1v) is 10.0. The Morgan fingerprint density at radius 1 is 1.14 bits per heavy atom. The first kappa shape index (κ1) is 21.3. The zero-order chi connectivity index (χ0) is 21.4. The number of nitrogens with zero attached hydrogens (tertiary/aromatic N) is 1. The molecule has 0 radical (unpaired) electrons. The third-order valence-corrected chi connectivity index (χ3v) is 5.63. The van der Waals surface area contributed by atoms with Gasteiger partial charge in [-0.05, 0) is 56.2 Å². The van der Waals surface area contributed by atoms with E-state index in [0.29, 0.717) is 5.56 Å². The van der Waals surface area contributed by atoms with Gasteiger partial charge >= 0.3 is 12.1 Å². The molecular weight excluding hydrogens is 441 g/mol. The number of rotatable bonds is 3. The lowest BCUT2D eigenvalue weighted by Gasteiger charge is -2.31. The van der Waals surface area contributed by atoms with E-state index < -0.39 is 34.8 Å². The summed E-state index contributed by atoms with van der Waals surface area (Å²) in [5.74, 6) is -2.04. The molecule has 0 aromatic heterocycles. The molecule has 2 aromatic carbocycles. The van der Waals surface area contributed by atoms with Crippen LogP contribution in [0.2, 0.25) is 0 Å². The summed E-state index contributed by atoms with van der Waals surface area (Å²) in [4.78, 5) is 26.8. The molecule has 154 valence electrons. The fourth-order valence-electron chi connectivity index (χ4n) is 3.78. The summed E-state index contributed by atoms with van der Waals surface area (Å²) in [5.41, 5.74) is -0.885. The van der Waals surface area contributed by atoms with Crippen LogP contribution in [0.15, 0.2) is 53.0 Å². The Morgan fingerprint density at radius 3 is 2.24 bits per heavy atom. The maximum absolute atomic E-state index is 13.5. The number of hydrogen-bond donors (Lipinski definition) is 1. The topological polar surface area (TPSA) is 66.8 Å². The molecule has 0 bridgehead atoms. The van der Waals surface area contributed by atoms with Crippen molar-refractivity contribution in [1.82, 2.24) is 4.90 Å². The molecule has 1 aliphatic rings. The summed E-state index contributed by atoms with van der Waals surface area (Å²) in [6.07, 6.45) is -0.565. The van der Waals surface area contributed by atoms with E-state index in [9.17, 15) is 19.1 Å². The smallest absolute Gasteiger partial charge is 0.410 e. The number of likely N-dealkylation sites (tertiary alicyclic amines) is 1. The number of carboxylic acids is 1. The lowest BCUT2D eigenvalue weighted by molar-refractivity contribution is -0.143. The van der Waals surface area contributed by atoms with Gasteiger partial charge in [0.25, 0.3) is 0 Å². The minimum absolute atomic E-state index is 0.0659. The molecule has 1 heterocycles. The summed E-state index contributed by atoms with van der Waals surface area (Å²) in [6, 6.07) is 12.8. The number of ether oxygens (including phenoxy) is 1. The maximum Gasteiger partial charge on any atom is 0.410 e. The van der Waals surface area contributed by atoms with Gasteiger partial charge in [-0.2, -0.15) is 0 Å². The third kappa shape index (κ3) is 4.29. The van der Waals surface area contributed by atoms with Crippen LogP contribution in [0, 0.1) is 5.82 Å². The van der Waals surface area contributed by atoms with Crippen molar-refractivity contribution >= 4 is 28.0 Å². The largest absolute Gasteiger partial charge is 0.481 e. The van der Waals surface area contributed by atoms with Crippen LogP contribution in [0.4, 0.5) is 9.18 Å². The molecule has 2 atom stereocenters. The molecule has 0 spiro atoms. The van der Waals surface area contributed by atoms with Crippen molar-refractivity contribution in [3.05, 3.63) is 69.9 Å². The van der Waals surface area contributed by atoms with Gasteiger partial charge in [-0.1, -0.05) is 40.2 Å². The number of hydrogen-bond acceptors (Lipinski definition) is 3. The van der Waals surface area contributed by atoms with E-state index >= 15 is 0 Å². The summed E-state index contributed by atoms with van der Waals surface area (Å²) >= 11 is 3.39. The second-order valence-electron chi connectivity index (χ2n) is 8.25. The second-order valence-corrected chi connectivity index (χ2v) is 9.16. The van der Waals surface area contributed by atoms with Crippen LogP contribution in [-0.4, -0.2) is 40.8 Å². The van der Waals surface area contributed by atoms with Crippen LogP contribution in [0.3, 0.4) is 0 Å². The van der Waals surface area contributed by atoms with Gasteiger partial charge in [0.05, 0.1) is 0 Å². The van der Waals surface area contributed by atoms with Gasteiger partial charge in [0.2, 0.25) is 0 Å². The summed E-state index contributed by atoms with van der Waals surface area (Å²) < 4.78 is 19.9. The Labute approximate surface area is 177 Å². The lowest BCUT2D eigenvalue weighted by atomic mass is 9.70. The molecule has 3 rings (SSSR count). The van der Waals surface area contributed by atoms with Gasteiger partial charge in [0.15, 0.2) is 0 Å². The molecule has 1 aliphatic heterocycles. The highest BCUT2D eigenvalue weighted by Crippen LogP contribution is 2.46. The Kier molecular flexibility index (Phi) is 5.72. The number of carbonyl (C=O) groups is 2. The van der Waals surface area contributed by atoms with Gasteiger partial charge < -0.3 is 14.7 Å². The minimum atomic E-state index is -1.42. The van der Waals surface area contributed by atoms with Crippen molar-refractivity contribution in [3.8, 4) is 0 Å². The summed E-state index contributed by atoms with van der Waals surface area (Å²) in [7, 11) is 0. The third-order valence-electron chi connectivity index (χ3n) is 5.10. The minimum Gasteiger partial charge on any atom is -0.481 e. The molecular formula is C22H23BrFNO4. The first-order chi connectivity index (χ1) is 13.5. The standard InChI is InChI=1S/C22H23BrFNO4/c1-21(2,3)29-20(28)25-12-18(14-4-8-16(23)9-5-14)22(13-25,19(26)27)15-6-10-17(24)11-7-15/h4-11,18H,12-13H2,1-3H3,(H,26,27). The van der Waals surface area contributed by atoms with Crippen LogP contribution in [0.1, 0.15) is 37.8 Å². The van der Waals surface area contributed by atoms with E-state index in [4.69, 9.17) is 4.74 Å². The highest BCUT2D eigenvalue weighted by Gasteiger charge is 2.56. The number of carboxylic acid groups (broad SMARTS) is 1.